The molecule has 0 aromatic heterocycles. The van der Waals surface area contributed by atoms with Gasteiger partial charge in [-0.1, -0.05) is 75.7 Å². The SMILES string of the molecule is CC#CCOc1ccc(C[C@H](NC(=O)[C@@](C)(/C=C/CCCCCCC(=O)CCCCCCC)[C@](O)(C(N)=O)C(=O)O)C(=O)OC)cc1. The number of nitrogens with one attached hydrogen (secondary N) is 1. The first kappa shape index (κ1) is 40.9. The molecule has 0 bridgehead atoms. The van der Waals surface area contributed by atoms with Crippen LogP contribution in [0.25, 0.3) is 0 Å². The van der Waals surface area contributed by atoms with E-state index in [1.165, 1.54) is 18.9 Å². The second-order valence-electron chi connectivity index (χ2n) is 11.8. The number of hydrogen-bond donors (Lipinski definition) is 4. The summed E-state index contributed by atoms with van der Waals surface area (Å²) in [7, 11) is 1.13. The van der Waals surface area contributed by atoms with Crippen molar-refractivity contribution in [2.24, 2.45) is 11.1 Å². The van der Waals surface area contributed by atoms with Crippen LogP contribution in [0.1, 0.15) is 103 Å². The maximum absolute atomic E-state index is 13.7. The molecule has 11 nitrogen and oxygen atoms in total. The molecule has 0 unspecified atom stereocenters. The van der Waals surface area contributed by atoms with Crippen LogP contribution in [0, 0.1) is 17.3 Å². The highest BCUT2D eigenvalue weighted by Gasteiger charge is 2.61. The molecule has 0 saturated carbocycles. The highest BCUT2D eigenvalue weighted by Crippen LogP contribution is 2.35. The number of primary amides is 1. The number of hydrogen-bond acceptors (Lipinski definition) is 8. The number of rotatable bonds is 24. The highest BCUT2D eigenvalue weighted by atomic mass is 16.5. The number of carbonyl (C=O) groups excluding carboxylic acids is 4. The number of carbonyl (C=O) groups is 5. The predicted molar refractivity (Wildman–Crippen MR) is 178 cm³/mol. The Bertz CT molecular complexity index is 1250. The third kappa shape index (κ3) is 13.2. The van der Waals surface area contributed by atoms with E-state index >= 15 is 0 Å². The van der Waals surface area contributed by atoms with Gasteiger partial charge >= 0.3 is 11.9 Å². The average Bonchev–Trinajstić information content (AvgIpc) is 3.05. The third-order valence-corrected chi connectivity index (χ3v) is 8.12. The number of ether oxygens (including phenoxy) is 2. The fraction of sp³-hybridized carbons (Fsp3) is 0.583. The molecule has 0 saturated heterocycles. The first-order valence-electron chi connectivity index (χ1n) is 16.3. The summed E-state index contributed by atoms with van der Waals surface area (Å²) in [5, 5.41) is 23.3. The van der Waals surface area contributed by atoms with Gasteiger partial charge in [-0.3, -0.25) is 14.4 Å². The molecule has 47 heavy (non-hydrogen) atoms. The minimum atomic E-state index is -3.33. The topological polar surface area (TPSA) is 182 Å². The van der Waals surface area contributed by atoms with Gasteiger partial charge in [-0.2, -0.15) is 0 Å². The zero-order chi connectivity index (χ0) is 35.3. The molecule has 2 amide bonds. The molecule has 0 fully saturated rings. The van der Waals surface area contributed by atoms with Crippen LogP contribution in [0.2, 0.25) is 0 Å². The van der Waals surface area contributed by atoms with E-state index in [1.807, 2.05) is 0 Å². The normalized spacial score (nSPS) is 14.1. The van der Waals surface area contributed by atoms with Gasteiger partial charge in [0.15, 0.2) is 0 Å². The molecule has 0 heterocycles. The van der Waals surface area contributed by atoms with Crippen molar-refractivity contribution >= 4 is 29.5 Å². The Balaban J connectivity index is 2.94. The lowest BCUT2D eigenvalue weighted by Crippen LogP contribution is -2.66. The number of amides is 2. The number of aliphatic carboxylic acids is 1. The number of allylic oxidation sites excluding steroid dienone is 1. The number of esters is 1. The molecule has 11 heteroatoms. The van der Waals surface area contributed by atoms with Crippen molar-refractivity contribution in [3.05, 3.63) is 42.0 Å². The fourth-order valence-electron chi connectivity index (χ4n) is 5.04. The number of nitrogens with two attached hydrogens (primary N) is 1. The van der Waals surface area contributed by atoms with E-state index in [0.717, 1.165) is 58.6 Å². The lowest BCUT2D eigenvalue weighted by atomic mass is 9.71. The summed E-state index contributed by atoms with van der Waals surface area (Å²) in [5.41, 5.74) is 0.229. The van der Waals surface area contributed by atoms with E-state index in [4.69, 9.17) is 15.2 Å². The number of ketones is 1. The Hall–Kier alpha value is -4.17. The van der Waals surface area contributed by atoms with E-state index in [9.17, 15) is 34.2 Å². The Morgan fingerprint density at radius 1 is 0.979 bits per heavy atom. The van der Waals surface area contributed by atoms with Crippen LogP contribution in [0.5, 0.6) is 5.75 Å². The number of methoxy groups -OCH3 is 1. The molecule has 0 aliphatic carbocycles. The van der Waals surface area contributed by atoms with Gasteiger partial charge in [0.1, 0.15) is 29.6 Å². The van der Waals surface area contributed by atoms with Gasteiger partial charge in [-0.15, -0.1) is 5.92 Å². The van der Waals surface area contributed by atoms with Crippen LogP contribution in [0.15, 0.2) is 36.4 Å². The van der Waals surface area contributed by atoms with E-state index in [1.54, 1.807) is 31.2 Å². The first-order valence-corrected chi connectivity index (χ1v) is 16.3. The standard InChI is InChI=1S/C36H52N2O9/c1-5-7-9-12-15-18-28(39)19-16-13-10-11-14-17-24-35(3,36(45,32(37)41)34(43)44)33(42)38-30(31(40)46-4)26-27-20-22-29(23-21-27)47-25-8-6-2/h17,20-24,30,45H,5,7,9-16,18-19,25-26H2,1-4H3,(H2,37,41)(H,38,42)(H,43,44)/b24-17+/t30-,35+,36-/m0/s1. The molecule has 3 atom stereocenters. The molecule has 5 N–H and O–H groups in total. The summed E-state index contributed by atoms with van der Waals surface area (Å²) >= 11 is 0. The maximum atomic E-state index is 13.7. The van der Waals surface area contributed by atoms with Crippen molar-refractivity contribution in [1.82, 2.24) is 5.32 Å². The molecule has 260 valence electrons. The Kier molecular flexibility index (Phi) is 18.8. The Morgan fingerprint density at radius 2 is 1.57 bits per heavy atom. The molecular formula is C36H52N2O9. The van der Waals surface area contributed by atoms with Crippen LogP contribution in [0.3, 0.4) is 0 Å². The summed E-state index contributed by atoms with van der Waals surface area (Å²) in [6, 6.07) is 5.40. The lowest BCUT2D eigenvalue weighted by molar-refractivity contribution is -0.180. The Labute approximate surface area is 278 Å². The smallest absolute Gasteiger partial charge is 0.347 e. The van der Waals surface area contributed by atoms with Crippen LogP contribution >= 0.6 is 0 Å². The first-order chi connectivity index (χ1) is 22.4. The van der Waals surface area contributed by atoms with E-state index in [-0.39, 0.29) is 18.8 Å². The van der Waals surface area contributed by atoms with Crippen LogP contribution < -0.4 is 15.8 Å². The van der Waals surface area contributed by atoms with Gasteiger partial charge in [-0.25, -0.2) is 9.59 Å². The summed E-state index contributed by atoms with van der Waals surface area (Å²) in [6.07, 6.45) is 12.8. The largest absolute Gasteiger partial charge is 0.481 e. The van der Waals surface area contributed by atoms with Gasteiger partial charge in [0.05, 0.1) is 7.11 Å². The fourth-order valence-corrected chi connectivity index (χ4v) is 5.04. The molecular weight excluding hydrogens is 604 g/mol. The summed E-state index contributed by atoms with van der Waals surface area (Å²) in [5.74, 6) is 0.734. The maximum Gasteiger partial charge on any atom is 0.347 e. The van der Waals surface area contributed by atoms with Gasteiger partial charge < -0.3 is 30.7 Å². The van der Waals surface area contributed by atoms with Crippen LogP contribution in [-0.2, 0) is 35.1 Å². The second-order valence-corrected chi connectivity index (χ2v) is 11.8. The summed E-state index contributed by atoms with van der Waals surface area (Å²) in [6.45, 7) is 5.13. The number of benzene rings is 1. The molecule has 1 rings (SSSR count). The third-order valence-electron chi connectivity index (χ3n) is 8.12. The van der Waals surface area contributed by atoms with Crippen molar-refractivity contribution in [3.63, 3.8) is 0 Å². The quantitative estimate of drug-likeness (QED) is 0.0411. The summed E-state index contributed by atoms with van der Waals surface area (Å²) in [4.78, 5) is 62.9. The number of carboxylic acids is 1. The molecule has 0 radical (unpaired) electrons. The molecule has 0 spiro atoms. The zero-order valence-electron chi connectivity index (χ0n) is 28.3. The van der Waals surface area contributed by atoms with E-state index < -0.39 is 40.8 Å². The molecule has 0 aliphatic heterocycles. The van der Waals surface area contributed by atoms with Gasteiger partial charge in [-0.05, 0) is 57.2 Å². The van der Waals surface area contributed by atoms with Crippen molar-refractivity contribution in [2.75, 3.05) is 13.7 Å². The second kappa shape index (κ2) is 21.6. The van der Waals surface area contributed by atoms with Crippen LogP contribution in [-0.4, -0.2) is 65.1 Å². The van der Waals surface area contributed by atoms with Crippen molar-refractivity contribution in [3.8, 4) is 17.6 Å². The van der Waals surface area contributed by atoms with E-state index in [0.29, 0.717) is 37.0 Å². The monoisotopic (exact) mass is 656 g/mol. The Morgan fingerprint density at radius 3 is 2.11 bits per heavy atom. The predicted octanol–water partition coefficient (Wildman–Crippen LogP) is 4.42. The van der Waals surface area contributed by atoms with Gasteiger partial charge in [0.2, 0.25) is 5.91 Å². The number of Topliss-reactive ketones (excluding diaryl/α,β-unsaturated/α-hetero) is 1. The number of unbranched alkanes of at least 4 members (excludes halogenated alkanes) is 8. The van der Waals surface area contributed by atoms with E-state index in [2.05, 4.69) is 24.1 Å². The van der Waals surface area contributed by atoms with Gasteiger partial charge in [0.25, 0.3) is 11.5 Å². The molecule has 1 aromatic rings. The lowest BCUT2D eigenvalue weighted by Gasteiger charge is -2.37. The zero-order valence-corrected chi connectivity index (χ0v) is 28.3. The summed E-state index contributed by atoms with van der Waals surface area (Å²) < 4.78 is 10.3. The average molecular weight is 657 g/mol. The van der Waals surface area contributed by atoms with Crippen molar-refractivity contribution in [2.45, 2.75) is 116 Å². The van der Waals surface area contributed by atoms with Crippen molar-refractivity contribution in [1.29, 1.82) is 0 Å². The van der Waals surface area contributed by atoms with Crippen LogP contribution in [0.4, 0.5) is 0 Å². The number of carboxylic acid groups (broad SMARTS) is 1. The molecule has 0 aliphatic rings. The molecule has 1 aromatic carbocycles. The minimum absolute atomic E-state index is 0.0450. The highest BCUT2D eigenvalue weighted by molar-refractivity contribution is 6.11. The number of aliphatic hydroxyl groups is 1. The minimum Gasteiger partial charge on any atom is -0.481 e. The van der Waals surface area contributed by atoms with Crippen molar-refractivity contribution < 1.29 is 43.7 Å². The van der Waals surface area contributed by atoms with Gasteiger partial charge in [0, 0.05) is 19.3 Å².